The molecule has 0 aliphatic carbocycles. The van der Waals surface area contributed by atoms with Gasteiger partial charge in [0.25, 0.3) is 0 Å². The van der Waals surface area contributed by atoms with E-state index < -0.39 is 0 Å². The monoisotopic (exact) mass is 280 g/mol. The number of nitrogens with two attached hydrogens (primary N) is 1. The largest absolute Gasteiger partial charge is 0.384 e. The summed E-state index contributed by atoms with van der Waals surface area (Å²) >= 11 is 0. The fraction of sp³-hybridized carbons (Fsp3) is 0.625. The topological polar surface area (TPSA) is 38.5 Å². The van der Waals surface area contributed by atoms with Crippen LogP contribution in [0.1, 0.15) is 31.4 Å². The highest BCUT2D eigenvalue weighted by molar-refractivity contribution is 5.21. The first kappa shape index (κ1) is 15.4. The van der Waals surface area contributed by atoms with Crippen molar-refractivity contribution in [1.82, 2.24) is 4.90 Å². The fourth-order valence-electron chi connectivity index (χ4n) is 3.23. The van der Waals surface area contributed by atoms with Crippen LogP contribution in [0.5, 0.6) is 0 Å². The third-order valence-corrected chi connectivity index (χ3v) is 4.06. The Balaban J connectivity index is 2.13. The summed E-state index contributed by atoms with van der Waals surface area (Å²) in [5, 5.41) is 0. The third kappa shape index (κ3) is 3.78. The lowest BCUT2D eigenvalue weighted by atomic mass is 9.92. The van der Waals surface area contributed by atoms with Gasteiger partial charge in [0.15, 0.2) is 0 Å². The van der Waals surface area contributed by atoms with Gasteiger partial charge in [-0.05, 0) is 49.9 Å². The van der Waals surface area contributed by atoms with Crippen molar-refractivity contribution in [3.8, 4) is 0 Å². The van der Waals surface area contributed by atoms with Gasteiger partial charge in [-0.2, -0.15) is 0 Å². The summed E-state index contributed by atoms with van der Waals surface area (Å²) in [6.07, 6.45) is 2.37. The Labute approximate surface area is 120 Å². The smallest absolute Gasteiger partial charge is 0.123 e. The normalized spacial score (nSPS) is 23.5. The Hall–Kier alpha value is -0.970. The Bertz CT molecular complexity index is 405. The summed E-state index contributed by atoms with van der Waals surface area (Å²) in [6, 6.07) is 6.90. The van der Waals surface area contributed by atoms with Gasteiger partial charge in [0, 0.05) is 25.7 Å². The van der Waals surface area contributed by atoms with Crippen molar-refractivity contribution in [2.75, 3.05) is 26.8 Å². The maximum Gasteiger partial charge on any atom is 0.123 e. The quantitative estimate of drug-likeness (QED) is 0.901. The van der Waals surface area contributed by atoms with Gasteiger partial charge in [-0.1, -0.05) is 12.1 Å². The van der Waals surface area contributed by atoms with Gasteiger partial charge in [-0.3, -0.25) is 4.90 Å². The van der Waals surface area contributed by atoms with Crippen molar-refractivity contribution in [2.24, 2.45) is 11.7 Å². The van der Waals surface area contributed by atoms with Crippen LogP contribution in [0.3, 0.4) is 0 Å². The molecule has 20 heavy (non-hydrogen) atoms. The van der Waals surface area contributed by atoms with Crippen molar-refractivity contribution in [1.29, 1.82) is 0 Å². The number of methoxy groups -OCH3 is 1. The molecule has 2 rings (SSSR count). The highest BCUT2D eigenvalue weighted by Crippen LogP contribution is 2.29. The van der Waals surface area contributed by atoms with Crippen LogP contribution in [0.25, 0.3) is 0 Å². The third-order valence-electron chi connectivity index (χ3n) is 4.06. The molecule has 3 unspecified atom stereocenters. The van der Waals surface area contributed by atoms with Crippen LogP contribution in [0, 0.1) is 11.7 Å². The zero-order chi connectivity index (χ0) is 14.5. The predicted octanol–water partition coefficient (Wildman–Crippen LogP) is 2.57. The molecular weight excluding hydrogens is 255 g/mol. The standard InChI is InChI=1S/C16H25FN2O/c1-12(18)16(14-5-7-15(17)8-6-14)19-9-3-4-13(10-19)11-20-2/h5-8,12-13,16H,3-4,9-11,18H2,1-2H3. The molecule has 112 valence electrons. The van der Waals surface area contributed by atoms with E-state index in [9.17, 15) is 4.39 Å². The first-order valence-electron chi connectivity index (χ1n) is 7.36. The summed E-state index contributed by atoms with van der Waals surface area (Å²) in [5.41, 5.74) is 7.29. The minimum Gasteiger partial charge on any atom is -0.384 e. The minimum atomic E-state index is -0.201. The number of rotatable bonds is 5. The fourth-order valence-corrected chi connectivity index (χ4v) is 3.23. The number of hydrogen-bond acceptors (Lipinski definition) is 3. The van der Waals surface area contributed by atoms with E-state index in [2.05, 4.69) is 4.90 Å². The van der Waals surface area contributed by atoms with Crippen LogP contribution in [0.15, 0.2) is 24.3 Å². The first-order chi connectivity index (χ1) is 9.61. The van der Waals surface area contributed by atoms with Crippen LogP contribution in [-0.2, 0) is 4.74 Å². The molecule has 3 nitrogen and oxygen atoms in total. The molecule has 0 aromatic heterocycles. The molecule has 0 bridgehead atoms. The van der Waals surface area contributed by atoms with Gasteiger partial charge in [-0.25, -0.2) is 4.39 Å². The second kappa shape index (κ2) is 7.16. The van der Waals surface area contributed by atoms with E-state index in [1.165, 1.54) is 25.0 Å². The van der Waals surface area contributed by atoms with Gasteiger partial charge < -0.3 is 10.5 Å². The summed E-state index contributed by atoms with van der Waals surface area (Å²) in [6.45, 7) is 4.86. The van der Waals surface area contributed by atoms with E-state index in [0.717, 1.165) is 25.3 Å². The van der Waals surface area contributed by atoms with E-state index in [-0.39, 0.29) is 17.9 Å². The first-order valence-corrected chi connectivity index (χ1v) is 7.36. The van der Waals surface area contributed by atoms with Gasteiger partial charge in [-0.15, -0.1) is 0 Å². The van der Waals surface area contributed by atoms with Crippen LogP contribution >= 0.6 is 0 Å². The van der Waals surface area contributed by atoms with Gasteiger partial charge in [0.2, 0.25) is 0 Å². The number of likely N-dealkylation sites (tertiary alicyclic amines) is 1. The van der Waals surface area contributed by atoms with Crippen LogP contribution < -0.4 is 5.73 Å². The molecule has 1 aromatic rings. The van der Waals surface area contributed by atoms with Crippen molar-refractivity contribution < 1.29 is 9.13 Å². The molecule has 1 aliphatic heterocycles. The average molecular weight is 280 g/mol. The number of ether oxygens (including phenoxy) is 1. The van der Waals surface area contributed by atoms with Gasteiger partial charge >= 0.3 is 0 Å². The Morgan fingerprint density at radius 2 is 2.10 bits per heavy atom. The number of halogens is 1. The molecule has 0 radical (unpaired) electrons. The van der Waals surface area contributed by atoms with Crippen molar-refractivity contribution in [2.45, 2.75) is 31.8 Å². The van der Waals surface area contributed by atoms with Crippen molar-refractivity contribution >= 4 is 0 Å². The van der Waals surface area contributed by atoms with Crippen molar-refractivity contribution in [3.05, 3.63) is 35.6 Å². The van der Waals surface area contributed by atoms with E-state index in [1.807, 2.05) is 19.1 Å². The predicted molar refractivity (Wildman–Crippen MR) is 79.0 cm³/mol. The number of benzene rings is 1. The highest BCUT2D eigenvalue weighted by Gasteiger charge is 2.29. The highest BCUT2D eigenvalue weighted by atomic mass is 19.1. The lowest BCUT2D eigenvalue weighted by Crippen LogP contribution is -2.45. The maximum atomic E-state index is 13.1. The molecule has 1 heterocycles. The van der Waals surface area contributed by atoms with E-state index in [4.69, 9.17) is 10.5 Å². The molecule has 0 spiro atoms. The second-order valence-corrected chi connectivity index (χ2v) is 5.81. The molecular formula is C16H25FN2O. The van der Waals surface area contributed by atoms with Gasteiger partial charge in [0.05, 0.1) is 6.61 Å². The van der Waals surface area contributed by atoms with Crippen molar-refractivity contribution in [3.63, 3.8) is 0 Å². The number of hydrogen-bond donors (Lipinski definition) is 1. The second-order valence-electron chi connectivity index (χ2n) is 5.81. The summed E-state index contributed by atoms with van der Waals surface area (Å²) in [7, 11) is 1.75. The molecule has 3 atom stereocenters. The van der Waals surface area contributed by atoms with E-state index in [1.54, 1.807) is 7.11 Å². The van der Waals surface area contributed by atoms with E-state index in [0.29, 0.717) is 5.92 Å². The zero-order valence-corrected chi connectivity index (χ0v) is 12.4. The SMILES string of the molecule is COCC1CCCN(C(c2ccc(F)cc2)C(C)N)C1. The molecule has 0 amide bonds. The van der Waals surface area contributed by atoms with Crippen LogP contribution in [-0.4, -0.2) is 37.7 Å². The molecule has 4 heteroatoms. The number of piperidine rings is 1. The van der Waals surface area contributed by atoms with Gasteiger partial charge in [0.1, 0.15) is 5.82 Å². The van der Waals surface area contributed by atoms with Crippen LogP contribution in [0.4, 0.5) is 4.39 Å². The number of nitrogens with zero attached hydrogens (tertiary/aromatic N) is 1. The molecule has 2 N–H and O–H groups in total. The molecule has 0 saturated carbocycles. The minimum absolute atomic E-state index is 0.0155. The molecule has 1 saturated heterocycles. The van der Waals surface area contributed by atoms with E-state index >= 15 is 0 Å². The molecule has 1 fully saturated rings. The lowest BCUT2D eigenvalue weighted by molar-refractivity contribution is 0.0618. The summed E-state index contributed by atoms with van der Waals surface area (Å²) in [5.74, 6) is 0.364. The summed E-state index contributed by atoms with van der Waals surface area (Å²) < 4.78 is 18.4. The average Bonchev–Trinajstić information content (AvgIpc) is 2.42. The lowest BCUT2D eigenvalue weighted by Gasteiger charge is -2.40. The summed E-state index contributed by atoms with van der Waals surface area (Å²) in [4.78, 5) is 2.42. The Morgan fingerprint density at radius 3 is 2.70 bits per heavy atom. The van der Waals surface area contributed by atoms with Crippen LogP contribution in [0.2, 0.25) is 0 Å². The molecule has 1 aliphatic rings. The maximum absolute atomic E-state index is 13.1. The molecule has 1 aromatic carbocycles. The zero-order valence-electron chi connectivity index (χ0n) is 12.4. The Kier molecular flexibility index (Phi) is 5.52. The Morgan fingerprint density at radius 1 is 1.40 bits per heavy atom.